The van der Waals surface area contributed by atoms with Gasteiger partial charge in [-0.05, 0) is 48.4 Å². The summed E-state index contributed by atoms with van der Waals surface area (Å²) < 4.78 is 101. The highest BCUT2D eigenvalue weighted by molar-refractivity contribution is 7.92. The number of hydrogen-bond donors (Lipinski definition) is 1. The fraction of sp³-hybridized carbons (Fsp3) is 0.222. The molecule has 0 spiro atoms. The zero-order chi connectivity index (χ0) is 29.2. The van der Waals surface area contributed by atoms with E-state index >= 15 is 0 Å². The van der Waals surface area contributed by atoms with Gasteiger partial charge in [0.05, 0.1) is 22.7 Å². The largest absolute Gasteiger partial charge is 0.486 e. The Hall–Kier alpha value is -3.64. The Morgan fingerprint density at radius 1 is 1.10 bits per heavy atom. The lowest BCUT2D eigenvalue weighted by Crippen LogP contribution is -2.43. The fourth-order valence-corrected chi connectivity index (χ4v) is 5.94. The van der Waals surface area contributed by atoms with Crippen LogP contribution in [0.5, 0.6) is 5.75 Å². The molecule has 0 radical (unpaired) electrons. The van der Waals surface area contributed by atoms with E-state index < -0.39 is 45.2 Å². The third-order valence-electron chi connectivity index (χ3n) is 6.11. The minimum atomic E-state index is -4.79. The number of benzene rings is 3. The van der Waals surface area contributed by atoms with Gasteiger partial charge in [-0.15, -0.1) is 0 Å². The first-order valence-corrected chi connectivity index (χ1v) is 13.6. The molecule has 40 heavy (non-hydrogen) atoms. The van der Waals surface area contributed by atoms with Crippen LogP contribution in [0.3, 0.4) is 0 Å². The first kappa shape index (κ1) is 29.3. The maximum atomic E-state index is 13.6. The van der Waals surface area contributed by atoms with Crippen molar-refractivity contribution in [3.63, 3.8) is 0 Å². The molecule has 3 aromatic rings. The van der Waals surface area contributed by atoms with Gasteiger partial charge in [0, 0.05) is 22.6 Å². The summed E-state index contributed by atoms with van der Waals surface area (Å²) >= 11 is 6.10. The van der Waals surface area contributed by atoms with Gasteiger partial charge >= 0.3 is 12.1 Å². The van der Waals surface area contributed by atoms with Crippen molar-refractivity contribution in [2.24, 2.45) is 0 Å². The molecule has 1 aliphatic rings. The zero-order valence-corrected chi connectivity index (χ0v) is 22.0. The van der Waals surface area contributed by atoms with E-state index in [9.17, 15) is 35.2 Å². The van der Waals surface area contributed by atoms with Gasteiger partial charge in [0.2, 0.25) is 0 Å². The highest BCUT2D eigenvalue weighted by Crippen LogP contribution is 2.40. The molecule has 0 fully saturated rings. The number of hydrogen-bond acceptors (Lipinski definition) is 4. The predicted octanol–water partition coefficient (Wildman–Crippen LogP) is 7.29. The Kier molecular flexibility index (Phi) is 8.41. The highest BCUT2D eigenvalue weighted by Gasteiger charge is 2.37. The second-order valence-corrected chi connectivity index (χ2v) is 11.1. The molecular formula is C27H21ClF5NO5S. The summed E-state index contributed by atoms with van der Waals surface area (Å²) in [5.74, 6) is -1.08. The van der Waals surface area contributed by atoms with Crippen molar-refractivity contribution >= 4 is 45.4 Å². The van der Waals surface area contributed by atoms with Gasteiger partial charge in [0.15, 0.2) is 0 Å². The molecule has 13 heteroatoms. The molecule has 1 aliphatic heterocycles. The lowest BCUT2D eigenvalue weighted by molar-refractivity contribution is -0.138. The maximum Gasteiger partial charge on any atom is 0.416 e. The van der Waals surface area contributed by atoms with Crippen LogP contribution in [0.4, 0.5) is 27.6 Å². The summed E-state index contributed by atoms with van der Waals surface area (Å²) in [6, 6.07) is 11.6. The van der Waals surface area contributed by atoms with Crippen LogP contribution in [0.2, 0.25) is 5.02 Å². The average Bonchev–Trinajstić information content (AvgIpc) is 2.90. The number of fused-ring (bicyclic) bond motifs is 1. The van der Waals surface area contributed by atoms with E-state index in [1.54, 1.807) is 0 Å². The normalized spacial score (nSPS) is 15.8. The zero-order valence-electron chi connectivity index (χ0n) is 20.4. The summed E-state index contributed by atoms with van der Waals surface area (Å²) in [5.41, 5.74) is -1.05. The van der Waals surface area contributed by atoms with Crippen LogP contribution < -0.4 is 9.04 Å². The Labute approximate surface area is 231 Å². The monoisotopic (exact) mass is 601 g/mol. The standard InChI is InChI=1S/C27H21ClF5NO5S/c28-22-6-2-5-21(26(29)30)20(22)10-7-16-8-11-24-23(13-16)34(15-18(39-24)9-12-25(35)36)40(37,38)19-4-1-3-17(14-19)27(31,32)33/h1-8,10-11,13-14,18,26H,9,12,15H2,(H,35,36). The van der Waals surface area contributed by atoms with Crippen molar-refractivity contribution in [3.8, 4) is 5.75 Å². The van der Waals surface area contributed by atoms with Crippen molar-refractivity contribution < 1.29 is 45.0 Å². The van der Waals surface area contributed by atoms with Gasteiger partial charge < -0.3 is 9.84 Å². The van der Waals surface area contributed by atoms with Crippen LogP contribution >= 0.6 is 11.6 Å². The molecule has 3 aromatic carbocycles. The maximum absolute atomic E-state index is 13.6. The minimum absolute atomic E-state index is 0.0145. The second-order valence-electron chi connectivity index (χ2n) is 8.84. The molecular weight excluding hydrogens is 581 g/mol. The number of carboxylic acid groups (broad SMARTS) is 1. The predicted molar refractivity (Wildman–Crippen MR) is 139 cm³/mol. The lowest BCUT2D eigenvalue weighted by atomic mass is 10.0. The molecule has 0 bridgehead atoms. The number of halogens is 6. The van der Waals surface area contributed by atoms with Crippen molar-refractivity contribution in [2.75, 3.05) is 10.8 Å². The summed E-state index contributed by atoms with van der Waals surface area (Å²) in [4.78, 5) is 10.5. The molecule has 0 saturated heterocycles. The van der Waals surface area contributed by atoms with Crippen LogP contribution in [0.15, 0.2) is 65.6 Å². The van der Waals surface area contributed by atoms with Gasteiger partial charge in [-0.1, -0.05) is 48.0 Å². The first-order valence-electron chi connectivity index (χ1n) is 11.7. The first-order chi connectivity index (χ1) is 18.8. The fourth-order valence-electron chi connectivity index (χ4n) is 4.15. The molecule has 1 heterocycles. The number of aliphatic carboxylic acids is 1. The van der Waals surface area contributed by atoms with Crippen LogP contribution in [-0.4, -0.2) is 32.1 Å². The minimum Gasteiger partial charge on any atom is -0.486 e. The quantitative estimate of drug-likeness (QED) is 0.217. The lowest BCUT2D eigenvalue weighted by Gasteiger charge is -2.35. The van der Waals surface area contributed by atoms with Gasteiger partial charge in [0.1, 0.15) is 11.9 Å². The molecule has 0 amide bonds. The number of nitrogens with zero attached hydrogens (tertiary/aromatic N) is 1. The number of anilines is 1. The highest BCUT2D eigenvalue weighted by atomic mass is 35.5. The third-order valence-corrected chi connectivity index (χ3v) is 8.21. The number of alkyl halides is 5. The summed E-state index contributed by atoms with van der Waals surface area (Å²) in [7, 11) is -4.58. The van der Waals surface area contributed by atoms with E-state index in [0.717, 1.165) is 22.5 Å². The molecule has 6 nitrogen and oxygen atoms in total. The summed E-state index contributed by atoms with van der Waals surface area (Å²) in [5, 5.41) is 9.13. The summed E-state index contributed by atoms with van der Waals surface area (Å²) in [6.07, 6.45) is -6.11. The molecule has 212 valence electrons. The van der Waals surface area contributed by atoms with E-state index in [0.29, 0.717) is 11.6 Å². The molecule has 1 atom stereocenters. The van der Waals surface area contributed by atoms with E-state index in [1.165, 1.54) is 48.6 Å². The molecule has 1 N–H and O–H groups in total. The van der Waals surface area contributed by atoms with Crippen molar-refractivity contribution in [1.82, 2.24) is 0 Å². The molecule has 0 aliphatic carbocycles. The van der Waals surface area contributed by atoms with E-state index in [1.807, 2.05) is 0 Å². The van der Waals surface area contributed by atoms with Gasteiger partial charge in [-0.3, -0.25) is 9.10 Å². The Morgan fingerprint density at radius 2 is 1.82 bits per heavy atom. The smallest absolute Gasteiger partial charge is 0.416 e. The van der Waals surface area contributed by atoms with Crippen LogP contribution in [0.25, 0.3) is 12.2 Å². The Morgan fingerprint density at radius 3 is 2.50 bits per heavy atom. The van der Waals surface area contributed by atoms with Crippen molar-refractivity contribution in [3.05, 3.63) is 87.9 Å². The van der Waals surface area contributed by atoms with Crippen molar-refractivity contribution in [2.45, 2.75) is 36.4 Å². The van der Waals surface area contributed by atoms with Gasteiger partial charge in [0.25, 0.3) is 16.4 Å². The topological polar surface area (TPSA) is 83.9 Å². The van der Waals surface area contributed by atoms with Crippen LogP contribution in [0, 0.1) is 0 Å². The second kappa shape index (κ2) is 11.5. The van der Waals surface area contributed by atoms with E-state index in [4.69, 9.17) is 21.4 Å². The van der Waals surface area contributed by atoms with E-state index in [-0.39, 0.29) is 47.0 Å². The van der Waals surface area contributed by atoms with Gasteiger partial charge in [-0.25, -0.2) is 17.2 Å². The van der Waals surface area contributed by atoms with Gasteiger partial charge in [-0.2, -0.15) is 13.2 Å². The Bertz CT molecular complexity index is 1560. The number of carbonyl (C=O) groups is 1. The van der Waals surface area contributed by atoms with Crippen molar-refractivity contribution in [1.29, 1.82) is 0 Å². The molecule has 4 rings (SSSR count). The molecule has 0 aromatic heterocycles. The number of carboxylic acids is 1. The Balaban J connectivity index is 1.77. The SMILES string of the molecule is O=C(O)CCC1CN(S(=O)(=O)c2cccc(C(F)(F)F)c2)c2cc(C=Cc3c(Cl)cccc3C(F)F)ccc2O1. The average molecular weight is 602 g/mol. The van der Waals surface area contributed by atoms with E-state index in [2.05, 4.69) is 0 Å². The number of ether oxygens (including phenoxy) is 1. The summed E-state index contributed by atoms with van der Waals surface area (Å²) in [6.45, 7) is -0.369. The number of sulfonamides is 1. The third kappa shape index (κ3) is 6.39. The molecule has 0 saturated carbocycles. The van der Waals surface area contributed by atoms with Crippen LogP contribution in [0.1, 0.15) is 41.5 Å². The van der Waals surface area contributed by atoms with Crippen LogP contribution in [-0.2, 0) is 21.0 Å². The molecule has 1 unspecified atom stereocenters. The number of rotatable bonds is 8.